The number of nitrogens with zero attached hydrogens (tertiary/aromatic N) is 4. The Kier molecular flexibility index (Phi) is 5.57. The number of benzene rings is 1. The largest absolute Gasteiger partial charge is 0.481 e. The molecule has 0 bridgehead atoms. The van der Waals surface area contributed by atoms with Crippen LogP contribution in [0.3, 0.4) is 0 Å². The summed E-state index contributed by atoms with van der Waals surface area (Å²) < 4.78 is 28.0. The number of sulfonamides is 1. The van der Waals surface area contributed by atoms with Gasteiger partial charge in [0.25, 0.3) is 5.91 Å². The average molecular weight is 392 g/mol. The quantitative estimate of drug-likeness (QED) is 0.766. The molecule has 0 unspecified atom stereocenters. The SMILES string of the molecule is O=C(O)CCn1nccc1C(=O)N1CCN(S(=O)(=O)c2ccccc2)CC1. The summed E-state index contributed by atoms with van der Waals surface area (Å²) in [5.41, 5.74) is 0.301. The number of aryl methyl sites for hydroxylation is 1. The molecule has 1 amide bonds. The third-order valence-electron chi connectivity index (χ3n) is 4.38. The summed E-state index contributed by atoms with van der Waals surface area (Å²) in [5.74, 6) is -1.25. The van der Waals surface area contributed by atoms with Crippen LogP contribution >= 0.6 is 0 Å². The van der Waals surface area contributed by atoms with Gasteiger partial charge in [-0.3, -0.25) is 14.3 Å². The Morgan fingerprint density at radius 3 is 2.33 bits per heavy atom. The van der Waals surface area contributed by atoms with E-state index in [0.717, 1.165) is 0 Å². The molecule has 27 heavy (non-hydrogen) atoms. The van der Waals surface area contributed by atoms with Crippen molar-refractivity contribution in [1.29, 1.82) is 0 Å². The molecule has 3 rings (SSSR count). The number of aliphatic carboxylic acids is 1. The lowest BCUT2D eigenvalue weighted by Gasteiger charge is -2.34. The van der Waals surface area contributed by atoms with Crippen LogP contribution in [0, 0.1) is 0 Å². The molecule has 0 aliphatic carbocycles. The smallest absolute Gasteiger partial charge is 0.305 e. The van der Waals surface area contributed by atoms with E-state index in [2.05, 4.69) is 5.10 Å². The second kappa shape index (κ2) is 7.89. The van der Waals surface area contributed by atoms with E-state index in [-0.39, 0.29) is 49.9 Å². The van der Waals surface area contributed by atoms with Crippen LogP contribution in [-0.4, -0.2) is 70.6 Å². The molecule has 0 spiro atoms. The predicted molar refractivity (Wildman–Crippen MR) is 95.6 cm³/mol. The Hall–Kier alpha value is -2.72. The first-order valence-electron chi connectivity index (χ1n) is 8.47. The highest BCUT2D eigenvalue weighted by Crippen LogP contribution is 2.18. The van der Waals surface area contributed by atoms with Crippen LogP contribution in [0.4, 0.5) is 0 Å². The minimum Gasteiger partial charge on any atom is -0.481 e. The topological polar surface area (TPSA) is 113 Å². The molecule has 144 valence electrons. The highest BCUT2D eigenvalue weighted by Gasteiger charge is 2.31. The summed E-state index contributed by atoms with van der Waals surface area (Å²) in [5, 5.41) is 12.8. The maximum Gasteiger partial charge on any atom is 0.305 e. The van der Waals surface area contributed by atoms with Gasteiger partial charge in [0, 0.05) is 32.4 Å². The Bertz CT molecular complexity index is 918. The van der Waals surface area contributed by atoms with Gasteiger partial charge in [0.2, 0.25) is 10.0 Å². The van der Waals surface area contributed by atoms with Crippen LogP contribution in [-0.2, 0) is 21.4 Å². The summed E-state index contributed by atoms with van der Waals surface area (Å²) in [6.45, 7) is 1.02. The third kappa shape index (κ3) is 4.17. The molecule has 1 saturated heterocycles. The number of hydrogen-bond acceptors (Lipinski definition) is 5. The van der Waals surface area contributed by atoms with Crippen molar-refractivity contribution in [3.05, 3.63) is 48.3 Å². The van der Waals surface area contributed by atoms with E-state index < -0.39 is 16.0 Å². The molecule has 0 saturated carbocycles. The van der Waals surface area contributed by atoms with Gasteiger partial charge in [0.05, 0.1) is 17.9 Å². The maximum atomic E-state index is 12.7. The van der Waals surface area contributed by atoms with Gasteiger partial charge in [-0.1, -0.05) is 18.2 Å². The first kappa shape index (κ1) is 19.1. The maximum absolute atomic E-state index is 12.7. The first-order chi connectivity index (χ1) is 12.9. The molecule has 1 aliphatic heterocycles. The molecule has 9 nitrogen and oxygen atoms in total. The van der Waals surface area contributed by atoms with E-state index in [0.29, 0.717) is 5.69 Å². The lowest BCUT2D eigenvalue weighted by Crippen LogP contribution is -2.50. The normalized spacial score (nSPS) is 15.6. The van der Waals surface area contributed by atoms with Crippen LogP contribution in [0.15, 0.2) is 47.5 Å². The molecule has 2 heterocycles. The highest BCUT2D eigenvalue weighted by molar-refractivity contribution is 7.89. The number of carbonyl (C=O) groups excluding carboxylic acids is 1. The Labute approximate surface area is 156 Å². The summed E-state index contributed by atoms with van der Waals surface area (Å²) in [6, 6.07) is 9.73. The van der Waals surface area contributed by atoms with Gasteiger partial charge in [-0.25, -0.2) is 8.42 Å². The van der Waals surface area contributed by atoms with Gasteiger partial charge >= 0.3 is 5.97 Å². The molecule has 1 fully saturated rings. The van der Waals surface area contributed by atoms with Gasteiger partial charge in [-0.15, -0.1) is 0 Å². The molecule has 10 heteroatoms. The van der Waals surface area contributed by atoms with E-state index in [9.17, 15) is 18.0 Å². The van der Waals surface area contributed by atoms with E-state index in [1.165, 1.54) is 21.3 Å². The summed E-state index contributed by atoms with van der Waals surface area (Å²) in [4.78, 5) is 25.2. The Morgan fingerprint density at radius 1 is 1.04 bits per heavy atom. The van der Waals surface area contributed by atoms with Crippen LogP contribution in [0.5, 0.6) is 0 Å². The summed E-state index contributed by atoms with van der Waals surface area (Å²) >= 11 is 0. The van der Waals surface area contributed by atoms with Crippen molar-refractivity contribution in [2.45, 2.75) is 17.9 Å². The van der Waals surface area contributed by atoms with Gasteiger partial charge in [0.1, 0.15) is 5.69 Å². The molecule has 2 aromatic rings. The lowest BCUT2D eigenvalue weighted by atomic mass is 10.3. The number of aromatic nitrogens is 2. The van der Waals surface area contributed by atoms with E-state index in [1.807, 2.05) is 0 Å². The van der Waals surface area contributed by atoms with Gasteiger partial charge in [-0.05, 0) is 18.2 Å². The van der Waals surface area contributed by atoms with Crippen molar-refractivity contribution in [3.8, 4) is 0 Å². The zero-order valence-electron chi connectivity index (χ0n) is 14.6. The molecular formula is C17H20N4O5S. The fourth-order valence-corrected chi connectivity index (χ4v) is 4.37. The average Bonchev–Trinajstić information content (AvgIpc) is 3.15. The van der Waals surface area contributed by atoms with Crippen LogP contribution in [0.2, 0.25) is 0 Å². The van der Waals surface area contributed by atoms with Gasteiger partial charge in [-0.2, -0.15) is 9.40 Å². The zero-order chi connectivity index (χ0) is 19.4. The molecule has 1 aromatic heterocycles. The van der Waals surface area contributed by atoms with Crippen LogP contribution < -0.4 is 0 Å². The second-order valence-corrected chi connectivity index (χ2v) is 8.03. The highest BCUT2D eigenvalue weighted by atomic mass is 32.2. The number of piperazine rings is 1. The second-order valence-electron chi connectivity index (χ2n) is 6.09. The molecule has 0 radical (unpaired) electrons. The molecule has 1 N–H and O–H groups in total. The minimum absolute atomic E-state index is 0.103. The minimum atomic E-state index is -3.58. The Balaban J connectivity index is 1.65. The summed E-state index contributed by atoms with van der Waals surface area (Å²) in [7, 11) is -3.58. The molecule has 1 aromatic carbocycles. The number of carbonyl (C=O) groups is 2. The van der Waals surface area contributed by atoms with Crippen molar-refractivity contribution in [2.75, 3.05) is 26.2 Å². The van der Waals surface area contributed by atoms with Crippen molar-refractivity contribution in [2.24, 2.45) is 0 Å². The number of carboxylic acid groups (broad SMARTS) is 1. The molecular weight excluding hydrogens is 372 g/mol. The van der Waals surface area contributed by atoms with Crippen LogP contribution in [0.25, 0.3) is 0 Å². The van der Waals surface area contributed by atoms with Gasteiger partial charge < -0.3 is 10.0 Å². The van der Waals surface area contributed by atoms with Crippen LogP contribution in [0.1, 0.15) is 16.9 Å². The van der Waals surface area contributed by atoms with Gasteiger partial charge in [0.15, 0.2) is 0 Å². The van der Waals surface area contributed by atoms with Crippen molar-refractivity contribution >= 4 is 21.9 Å². The summed E-state index contributed by atoms with van der Waals surface area (Å²) in [6.07, 6.45) is 1.32. The number of amides is 1. The molecule has 1 aliphatic rings. The van der Waals surface area contributed by atoms with E-state index in [1.54, 1.807) is 35.2 Å². The zero-order valence-corrected chi connectivity index (χ0v) is 15.4. The third-order valence-corrected chi connectivity index (χ3v) is 6.29. The van der Waals surface area contributed by atoms with Crippen molar-refractivity contribution in [1.82, 2.24) is 19.0 Å². The van der Waals surface area contributed by atoms with E-state index in [4.69, 9.17) is 5.11 Å². The monoisotopic (exact) mass is 392 g/mol. The first-order valence-corrected chi connectivity index (χ1v) is 9.91. The van der Waals surface area contributed by atoms with Crippen molar-refractivity contribution in [3.63, 3.8) is 0 Å². The van der Waals surface area contributed by atoms with Crippen molar-refractivity contribution < 1.29 is 23.1 Å². The predicted octanol–water partition coefficient (Wildman–Crippen LogP) is 0.504. The number of carboxylic acids is 1. The lowest BCUT2D eigenvalue weighted by molar-refractivity contribution is -0.137. The number of hydrogen-bond donors (Lipinski definition) is 1. The molecule has 0 atom stereocenters. The fourth-order valence-electron chi connectivity index (χ4n) is 2.93. The fraction of sp³-hybridized carbons (Fsp3) is 0.353. The van der Waals surface area contributed by atoms with E-state index >= 15 is 0 Å². The number of rotatable bonds is 6. The Morgan fingerprint density at radius 2 is 1.70 bits per heavy atom. The standard InChI is InChI=1S/C17H20N4O5S/c22-16(23)7-9-21-15(6-8-18-21)17(24)19-10-12-20(13-11-19)27(25,26)14-4-2-1-3-5-14/h1-6,8H,7,9-13H2,(H,22,23).